The number of benzene rings is 1. The zero-order valence-corrected chi connectivity index (χ0v) is 19.4. The van der Waals surface area contributed by atoms with Gasteiger partial charge in [0, 0.05) is 44.1 Å². The van der Waals surface area contributed by atoms with Gasteiger partial charge >= 0.3 is 0 Å². The maximum Gasteiger partial charge on any atom is 0.254 e. The lowest BCUT2D eigenvalue weighted by molar-refractivity contribution is -0.117. The van der Waals surface area contributed by atoms with Crippen molar-refractivity contribution in [3.63, 3.8) is 0 Å². The first-order chi connectivity index (χ1) is 17.0. The van der Waals surface area contributed by atoms with Crippen LogP contribution in [0.15, 0.2) is 48.9 Å². The monoisotopic (exact) mass is 472 g/mol. The number of primary amides is 1. The maximum atomic E-state index is 12.3. The van der Waals surface area contributed by atoms with E-state index in [0.717, 1.165) is 38.2 Å². The van der Waals surface area contributed by atoms with Crippen LogP contribution in [0.2, 0.25) is 0 Å². The van der Waals surface area contributed by atoms with Gasteiger partial charge in [0.2, 0.25) is 5.91 Å². The molecule has 0 atom stereocenters. The predicted octanol–water partition coefficient (Wildman–Crippen LogP) is 2.42. The Morgan fingerprint density at radius 2 is 1.94 bits per heavy atom. The van der Waals surface area contributed by atoms with Crippen LogP contribution < -0.4 is 11.1 Å². The van der Waals surface area contributed by atoms with Gasteiger partial charge in [0.15, 0.2) is 5.82 Å². The van der Waals surface area contributed by atoms with Crippen molar-refractivity contribution in [1.29, 1.82) is 5.26 Å². The van der Waals surface area contributed by atoms with Crippen LogP contribution in [-0.2, 0) is 16.9 Å². The molecule has 1 aromatic carbocycles. The van der Waals surface area contributed by atoms with Crippen LogP contribution in [0.4, 0.5) is 5.82 Å². The number of amides is 2. The molecule has 0 unspecified atom stereocenters. The fourth-order valence-corrected chi connectivity index (χ4v) is 4.65. The number of rotatable bonds is 8. The standard InChI is InChI=1S/C25H28N8O2/c26-11-8-25(33-17-21(22(27)34)23(30-33)29-24(35)19-4-5-19)9-14-31(15-10-25)16-18-2-6-20(7-3-18)32-13-1-12-28-32/h1-3,6-7,12-13,17,19H,4-5,8-10,14-16H2,(H2,27,34)(H,29,30,35). The molecule has 5 rings (SSSR count). The van der Waals surface area contributed by atoms with Gasteiger partial charge in [-0.25, -0.2) is 4.68 Å². The fraction of sp³-hybridized carbons (Fsp3) is 0.400. The number of carbonyl (C=O) groups excluding carboxylic acids is 2. The number of aromatic nitrogens is 4. The Balaban J connectivity index is 1.28. The first-order valence-corrected chi connectivity index (χ1v) is 11.9. The normalized spacial score (nSPS) is 17.6. The fourth-order valence-electron chi connectivity index (χ4n) is 4.65. The van der Waals surface area contributed by atoms with Gasteiger partial charge in [-0.1, -0.05) is 12.1 Å². The highest BCUT2D eigenvalue weighted by atomic mass is 16.2. The first-order valence-electron chi connectivity index (χ1n) is 11.9. The van der Waals surface area contributed by atoms with Gasteiger partial charge in [-0.15, -0.1) is 0 Å². The van der Waals surface area contributed by atoms with E-state index in [-0.39, 0.29) is 29.6 Å². The topological polar surface area (TPSA) is 135 Å². The van der Waals surface area contributed by atoms with Gasteiger partial charge in [0.05, 0.1) is 23.7 Å². The second kappa shape index (κ2) is 9.35. The van der Waals surface area contributed by atoms with Crippen LogP contribution in [0.25, 0.3) is 5.69 Å². The molecule has 0 radical (unpaired) electrons. The molecule has 2 fully saturated rings. The molecule has 10 heteroatoms. The number of hydrogen-bond donors (Lipinski definition) is 2. The molecule has 10 nitrogen and oxygen atoms in total. The van der Waals surface area contributed by atoms with Gasteiger partial charge in [-0.3, -0.25) is 19.2 Å². The van der Waals surface area contributed by atoms with Crippen LogP contribution in [0, 0.1) is 17.2 Å². The Kier molecular flexibility index (Phi) is 6.09. The van der Waals surface area contributed by atoms with Crippen LogP contribution in [0.3, 0.4) is 0 Å². The van der Waals surface area contributed by atoms with E-state index in [0.29, 0.717) is 12.8 Å². The van der Waals surface area contributed by atoms with Crippen molar-refractivity contribution in [3.05, 3.63) is 60.0 Å². The minimum absolute atomic E-state index is 0.0224. The lowest BCUT2D eigenvalue weighted by Gasteiger charge is -2.40. The molecule has 3 aromatic rings. The highest BCUT2D eigenvalue weighted by Gasteiger charge is 2.39. The third-order valence-electron chi connectivity index (χ3n) is 6.96. The predicted molar refractivity (Wildman–Crippen MR) is 128 cm³/mol. The summed E-state index contributed by atoms with van der Waals surface area (Å²) in [6.45, 7) is 2.35. The lowest BCUT2D eigenvalue weighted by atomic mass is 9.84. The first kappa shape index (κ1) is 22.8. The molecule has 1 aliphatic carbocycles. The number of nitrogens with two attached hydrogens (primary N) is 1. The number of piperidine rings is 1. The summed E-state index contributed by atoms with van der Waals surface area (Å²) in [5.74, 6) is -0.622. The highest BCUT2D eigenvalue weighted by Crippen LogP contribution is 2.36. The molecule has 1 aliphatic heterocycles. The number of hydrogen-bond acceptors (Lipinski definition) is 6. The molecular formula is C25H28N8O2. The highest BCUT2D eigenvalue weighted by molar-refractivity contribution is 6.02. The smallest absolute Gasteiger partial charge is 0.254 e. The second-order valence-electron chi connectivity index (χ2n) is 9.42. The molecule has 2 amide bonds. The molecular weight excluding hydrogens is 444 g/mol. The van der Waals surface area contributed by atoms with Crippen molar-refractivity contribution in [2.24, 2.45) is 11.7 Å². The van der Waals surface area contributed by atoms with Gasteiger partial charge in [-0.2, -0.15) is 15.5 Å². The van der Waals surface area contributed by atoms with Gasteiger partial charge < -0.3 is 11.1 Å². The molecule has 35 heavy (non-hydrogen) atoms. The maximum absolute atomic E-state index is 12.3. The number of anilines is 1. The van der Waals surface area contributed by atoms with Crippen LogP contribution in [-0.4, -0.2) is 49.4 Å². The Labute approximate surface area is 203 Å². The zero-order valence-electron chi connectivity index (χ0n) is 19.4. The number of nitrogens with zero attached hydrogens (tertiary/aromatic N) is 6. The van der Waals surface area contributed by atoms with Crippen LogP contribution in [0.1, 0.15) is 48.0 Å². The summed E-state index contributed by atoms with van der Waals surface area (Å²) in [7, 11) is 0. The average molecular weight is 473 g/mol. The molecule has 3 heterocycles. The quantitative estimate of drug-likeness (QED) is 0.517. The van der Waals surface area contributed by atoms with Crippen molar-refractivity contribution in [1.82, 2.24) is 24.5 Å². The third kappa shape index (κ3) is 4.81. The number of nitrogens with one attached hydrogen (secondary N) is 1. The van der Waals surface area contributed by atoms with E-state index in [1.807, 2.05) is 16.9 Å². The molecule has 3 N–H and O–H groups in total. The Morgan fingerprint density at radius 1 is 1.20 bits per heavy atom. The third-order valence-corrected chi connectivity index (χ3v) is 6.96. The minimum atomic E-state index is -0.648. The van der Waals surface area contributed by atoms with E-state index >= 15 is 0 Å². The Morgan fingerprint density at radius 3 is 2.54 bits per heavy atom. The average Bonchev–Trinajstić information content (AvgIpc) is 3.39. The van der Waals surface area contributed by atoms with Gasteiger partial charge in [0.1, 0.15) is 5.56 Å². The summed E-state index contributed by atoms with van der Waals surface area (Å²) in [5, 5.41) is 21.2. The molecule has 0 spiro atoms. The van der Waals surface area contributed by atoms with Gasteiger partial charge in [0.25, 0.3) is 5.91 Å². The molecule has 2 aromatic heterocycles. The summed E-state index contributed by atoms with van der Waals surface area (Å²) >= 11 is 0. The Bertz CT molecular complexity index is 1240. The summed E-state index contributed by atoms with van der Waals surface area (Å²) in [4.78, 5) is 26.7. The molecule has 180 valence electrons. The van der Waals surface area contributed by atoms with Crippen molar-refractivity contribution >= 4 is 17.6 Å². The Hall–Kier alpha value is -3.97. The van der Waals surface area contributed by atoms with E-state index in [2.05, 4.69) is 50.7 Å². The molecule has 1 saturated carbocycles. The van der Waals surface area contributed by atoms with E-state index in [1.54, 1.807) is 17.1 Å². The molecule has 0 bridgehead atoms. The summed E-state index contributed by atoms with van der Waals surface area (Å²) in [5.41, 5.74) is 7.41. The van der Waals surface area contributed by atoms with Crippen LogP contribution in [0.5, 0.6) is 0 Å². The number of nitriles is 1. The van der Waals surface area contributed by atoms with Crippen molar-refractivity contribution in [2.75, 3.05) is 18.4 Å². The van der Waals surface area contributed by atoms with Crippen molar-refractivity contribution < 1.29 is 9.59 Å². The van der Waals surface area contributed by atoms with E-state index in [1.165, 1.54) is 5.56 Å². The van der Waals surface area contributed by atoms with E-state index in [4.69, 9.17) is 5.73 Å². The molecule has 2 aliphatic rings. The van der Waals surface area contributed by atoms with E-state index in [9.17, 15) is 14.9 Å². The van der Waals surface area contributed by atoms with Crippen molar-refractivity contribution in [2.45, 2.75) is 44.2 Å². The molecule has 1 saturated heterocycles. The largest absolute Gasteiger partial charge is 0.365 e. The van der Waals surface area contributed by atoms with Crippen LogP contribution >= 0.6 is 0 Å². The zero-order chi connectivity index (χ0) is 24.4. The minimum Gasteiger partial charge on any atom is -0.365 e. The second-order valence-corrected chi connectivity index (χ2v) is 9.42. The van der Waals surface area contributed by atoms with Gasteiger partial charge in [-0.05, 0) is 49.4 Å². The lowest BCUT2D eigenvalue weighted by Crippen LogP contribution is -2.46. The summed E-state index contributed by atoms with van der Waals surface area (Å²) < 4.78 is 3.52. The summed E-state index contributed by atoms with van der Waals surface area (Å²) in [6.07, 6.45) is 8.60. The number of likely N-dealkylation sites (tertiary alicyclic amines) is 1. The summed E-state index contributed by atoms with van der Waals surface area (Å²) in [6, 6.07) is 12.5. The SMILES string of the molecule is N#CCC1(n2cc(C(N)=O)c(NC(=O)C3CC3)n2)CCN(Cc2ccc(-n3cccn3)cc2)CC1. The van der Waals surface area contributed by atoms with E-state index < -0.39 is 11.4 Å². The number of carbonyl (C=O) groups is 2. The van der Waals surface area contributed by atoms with Crippen molar-refractivity contribution in [3.8, 4) is 11.8 Å².